The van der Waals surface area contributed by atoms with Gasteiger partial charge in [0.2, 0.25) is 0 Å². The molecule has 0 saturated carbocycles. The van der Waals surface area contributed by atoms with Gasteiger partial charge in [-0.2, -0.15) is 5.10 Å². The zero-order valence-electron chi connectivity index (χ0n) is 20.2. The Balaban J connectivity index is 1.54. The fourth-order valence-corrected chi connectivity index (χ4v) is 5.22. The SMILES string of the molecule is CC(C)NC(=O)N(CCN1CCOCC1)CC(=O)N1N=C(c2cccs2)C[C@@H]1c1ccccc1Cl. The predicted molar refractivity (Wildman–Crippen MR) is 139 cm³/mol. The van der Waals surface area contributed by atoms with Crippen molar-refractivity contribution in [3.63, 3.8) is 0 Å². The highest BCUT2D eigenvalue weighted by Gasteiger charge is 2.35. The van der Waals surface area contributed by atoms with E-state index in [2.05, 4.69) is 10.2 Å². The molecule has 8 nitrogen and oxygen atoms in total. The van der Waals surface area contributed by atoms with Gasteiger partial charge in [-0.05, 0) is 36.9 Å². The van der Waals surface area contributed by atoms with Crippen LogP contribution in [0.1, 0.15) is 36.8 Å². The second kappa shape index (κ2) is 12.0. The second-order valence-electron chi connectivity index (χ2n) is 8.98. The summed E-state index contributed by atoms with van der Waals surface area (Å²) in [5.74, 6) is -0.234. The summed E-state index contributed by atoms with van der Waals surface area (Å²) in [7, 11) is 0. The number of nitrogens with zero attached hydrogens (tertiary/aromatic N) is 4. The highest BCUT2D eigenvalue weighted by atomic mass is 35.5. The van der Waals surface area contributed by atoms with Gasteiger partial charge < -0.3 is 15.0 Å². The molecule has 0 spiro atoms. The number of hydrazone groups is 1. The quantitative estimate of drug-likeness (QED) is 0.577. The molecule has 0 unspecified atom stereocenters. The molecular formula is C25H32ClN5O3S. The number of hydrogen-bond donors (Lipinski definition) is 1. The lowest BCUT2D eigenvalue weighted by Gasteiger charge is -2.31. The number of nitrogens with one attached hydrogen (secondary N) is 1. The first-order valence-electron chi connectivity index (χ1n) is 12.0. The van der Waals surface area contributed by atoms with Crippen LogP contribution in [0.5, 0.6) is 0 Å². The monoisotopic (exact) mass is 517 g/mol. The maximum Gasteiger partial charge on any atom is 0.318 e. The lowest BCUT2D eigenvalue weighted by Crippen LogP contribution is -2.50. The molecule has 10 heteroatoms. The molecule has 2 aromatic rings. The highest BCUT2D eigenvalue weighted by molar-refractivity contribution is 7.12. The van der Waals surface area contributed by atoms with Crippen molar-refractivity contribution in [2.45, 2.75) is 32.4 Å². The van der Waals surface area contributed by atoms with E-state index in [1.165, 1.54) is 5.01 Å². The number of benzene rings is 1. The van der Waals surface area contributed by atoms with Crippen molar-refractivity contribution in [1.29, 1.82) is 0 Å². The van der Waals surface area contributed by atoms with E-state index in [0.717, 1.165) is 29.2 Å². The molecule has 0 bridgehead atoms. The first-order chi connectivity index (χ1) is 16.9. The van der Waals surface area contributed by atoms with E-state index in [1.54, 1.807) is 16.2 Å². The molecule has 1 aromatic heterocycles. The number of amides is 3. The summed E-state index contributed by atoms with van der Waals surface area (Å²) in [6, 6.07) is 10.9. The number of rotatable bonds is 8. The zero-order valence-corrected chi connectivity index (χ0v) is 21.7. The van der Waals surface area contributed by atoms with Crippen LogP contribution in [-0.2, 0) is 9.53 Å². The maximum absolute atomic E-state index is 13.6. The number of halogens is 1. The molecule has 1 N–H and O–H groups in total. The lowest BCUT2D eigenvalue weighted by atomic mass is 10.0. The minimum absolute atomic E-state index is 0.0328. The summed E-state index contributed by atoms with van der Waals surface area (Å²) < 4.78 is 5.42. The van der Waals surface area contributed by atoms with Crippen molar-refractivity contribution in [1.82, 2.24) is 20.1 Å². The Morgan fingerprint density at radius 3 is 2.69 bits per heavy atom. The average molecular weight is 518 g/mol. The van der Waals surface area contributed by atoms with Gasteiger partial charge >= 0.3 is 6.03 Å². The fraction of sp³-hybridized carbons (Fsp3) is 0.480. The van der Waals surface area contributed by atoms with Gasteiger partial charge in [0.25, 0.3) is 5.91 Å². The summed E-state index contributed by atoms with van der Waals surface area (Å²) >= 11 is 8.11. The highest BCUT2D eigenvalue weighted by Crippen LogP contribution is 2.37. The van der Waals surface area contributed by atoms with E-state index in [1.807, 2.05) is 55.6 Å². The van der Waals surface area contributed by atoms with Crippen molar-refractivity contribution in [3.8, 4) is 0 Å². The predicted octanol–water partition coefficient (Wildman–Crippen LogP) is 3.83. The topological polar surface area (TPSA) is 77.5 Å². The number of carbonyl (C=O) groups excluding carboxylic acids is 2. The Hall–Kier alpha value is -2.46. The summed E-state index contributed by atoms with van der Waals surface area (Å²) in [4.78, 5) is 31.5. The van der Waals surface area contributed by atoms with Crippen molar-refractivity contribution in [2.24, 2.45) is 5.10 Å². The van der Waals surface area contributed by atoms with Crippen LogP contribution in [0.4, 0.5) is 4.79 Å². The van der Waals surface area contributed by atoms with Crippen molar-refractivity contribution >= 4 is 40.6 Å². The molecule has 35 heavy (non-hydrogen) atoms. The lowest BCUT2D eigenvalue weighted by molar-refractivity contribution is -0.133. The molecule has 1 saturated heterocycles. The van der Waals surface area contributed by atoms with Crippen LogP contribution in [0.3, 0.4) is 0 Å². The third-order valence-electron chi connectivity index (χ3n) is 6.05. The Morgan fingerprint density at radius 1 is 1.23 bits per heavy atom. The Kier molecular flexibility index (Phi) is 8.78. The van der Waals surface area contributed by atoms with Gasteiger partial charge in [0.1, 0.15) is 6.54 Å². The number of urea groups is 1. The van der Waals surface area contributed by atoms with Crippen LogP contribution >= 0.6 is 22.9 Å². The van der Waals surface area contributed by atoms with E-state index in [-0.39, 0.29) is 30.6 Å². The van der Waals surface area contributed by atoms with Gasteiger partial charge in [-0.3, -0.25) is 9.69 Å². The van der Waals surface area contributed by atoms with E-state index >= 15 is 0 Å². The smallest absolute Gasteiger partial charge is 0.318 e. The largest absolute Gasteiger partial charge is 0.379 e. The van der Waals surface area contributed by atoms with Gasteiger partial charge in [0, 0.05) is 43.7 Å². The minimum Gasteiger partial charge on any atom is -0.379 e. The van der Waals surface area contributed by atoms with Crippen LogP contribution in [0, 0.1) is 0 Å². The molecule has 3 amide bonds. The normalized spacial score (nSPS) is 18.6. The molecular weight excluding hydrogens is 486 g/mol. The summed E-state index contributed by atoms with van der Waals surface area (Å²) in [5.41, 5.74) is 1.70. The molecule has 0 radical (unpaired) electrons. The standard InChI is InChI=1S/C25H32ClN5O3S/c1-18(2)27-25(33)30(10-9-29-11-13-34-14-12-29)17-24(32)31-22(19-6-3-4-7-20(19)26)16-21(28-31)23-8-5-15-35-23/h3-8,15,18,22H,9-14,16-17H2,1-2H3,(H,27,33)/t22-/m1/s1. The van der Waals surface area contributed by atoms with Crippen LogP contribution < -0.4 is 5.32 Å². The van der Waals surface area contributed by atoms with Crippen molar-refractivity contribution in [2.75, 3.05) is 45.9 Å². The van der Waals surface area contributed by atoms with Crippen LogP contribution in [0.15, 0.2) is 46.9 Å². The number of thiophene rings is 1. The van der Waals surface area contributed by atoms with Gasteiger partial charge in [0.05, 0.1) is 29.8 Å². The third-order valence-corrected chi connectivity index (χ3v) is 7.31. The van der Waals surface area contributed by atoms with Crippen molar-refractivity contribution in [3.05, 3.63) is 57.2 Å². The van der Waals surface area contributed by atoms with Gasteiger partial charge in [-0.1, -0.05) is 35.9 Å². The zero-order chi connectivity index (χ0) is 24.8. The molecule has 0 aliphatic carbocycles. The summed E-state index contributed by atoms with van der Waals surface area (Å²) in [5, 5.41) is 11.8. The molecule has 1 fully saturated rings. The van der Waals surface area contributed by atoms with Crippen LogP contribution in [0.2, 0.25) is 5.02 Å². The van der Waals surface area contributed by atoms with Gasteiger partial charge in [0.15, 0.2) is 0 Å². The Bertz CT molecular complexity index is 1040. The molecule has 1 aromatic carbocycles. The molecule has 2 aliphatic rings. The maximum atomic E-state index is 13.6. The van der Waals surface area contributed by atoms with Crippen LogP contribution in [-0.4, -0.2) is 84.4 Å². The first kappa shape index (κ1) is 25.6. The Labute approximate surface area is 215 Å². The fourth-order valence-electron chi connectivity index (χ4n) is 4.23. The van der Waals surface area contributed by atoms with E-state index in [0.29, 0.717) is 37.7 Å². The summed E-state index contributed by atoms with van der Waals surface area (Å²) in [6.07, 6.45) is 0.571. The van der Waals surface area contributed by atoms with E-state index < -0.39 is 0 Å². The molecule has 3 heterocycles. The van der Waals surface area contributed by atoms with Gasteiger partial charge in [-0.15, -0.1) is 11.3 Å². The van der Waals surface area contributed by atoms with E-state index in [4.69, 9.17) is 21.4 Å². The Morgan fingerprint density at radius 2 is 2.00 bits per heavy atom. The first-order valence-corrected chi connectivity index (χ1v) is 13.2. The number of carbonyl (C=O) groups is 2. The van der Waals surface area contributed by atoms with E-state index in [9.17, 15) is 9.59 Å². The summed E-state index contributed by atoms with van der Waals surface area (Å²) in [6.45, 7) is 7.89. The molecule has 188 valence electrons. The molecule has 2 aliphatic heterocycles. The van der Waals surface area contributed by atoms with Crippen LogP contribution in [0.25, 0.3) is 0 Å². The number of ether oxygens (including phenoxy) is 1. The van der Waals surface area contributed by atoms with Gasteiger partial charge in [-0.25, -0.2) is 9.80 Å². The van der Waals surface area contributed by atoms with Crippen molar-refractivity contribution < 1.29 is 14.3 Å². The second-order valence-corrected chi connectivity index (χ2v) is 10.3. The minimum atomic E-state index is -0.317. The number of morpholine rings is 1. The number of hydrogen-bond acceptors (Lipinski definition) is 6. The average Bonchev–Trinajstić information content (AvgIpc) is 3.52. The third kappa shape index (κ3) is 6.61. The molecule has 1 atom stereocenters. The molecule has 4 rings (SSSR count).